The van der Waals surface area contributed by atoms with Gasteiger partial charge in [-0.25, -0.2) is 0 Å². The minimum atomic E-state index is 0.435. The van der Waals surface area contributed by atoms with E-state index in [0.717, 1.165) is 12.3 Å². The molecule has 1 atom stereocenters. The monoisotopic (exact) mass is 311 g/mol. The van der Waals surface area contributed by atoms with Crippen LogP contribution in [0.4, 0.5) is 0 Å². The summed E-state index contributed by atoms with van der Waals surface area (Å²) in [7, 11) is 1.78. The largest absolute Gasteiger partial charge is 0.496 e. The van der Waals surface area contributed by atoms with Crippen LogP contribution in [0.1, 0.15) is 47.6 Å². The highest BCUT2D eigenvalue weighted by Crippen LogP contribution is 2.41. The lowest BCUT2D eigenvalue weighted by atomic mass is 9.90. The lowest BCUT2D eigenvalue weighted by Crippen LogP contribution is -2.28. The molecule has 1 saturated heterocycles. The highest BCUT2D eigenvalue weighted by Gasteiger charge is 2.24. The van der Waals surface area contributed by atoms with Gasteiger partial charge in [0.25, 0.3) is 0 Å². The summed E-state index contributed by atoms with van der Waals surface area (Å²) in [5, 5.41) is 3.62. The molecule has 0 saturated carbocycles. The lowest BCUT2D eigenvalue weighted by molar-refractivity contribution is 0.370. The average Bonchev–Trinajstić information content (AvgIpc) is 2.41. The summed E-state index contributed by atoms with van der Waals surface area (Å²) in [4.78, 5) is 0. The molecule has 1 aliphatic rings. The third kappa shape index (κ3) is 2.30. The molecule has 0 aliphatic carbocycles. The van der Waals surface area contributed by atoms with E-state index in [2.05, 4.69) is 42.0 Å². The first kappa shape index (κ1) is 13.9. The molecule has 1 aromatic rings. The van der Waals surface area contributed by atoms with E-state index in [1.54, 1.807) is 7.11 Å². The van der Waals surface area contributed by atoms with Crippen molar-refractivity contribution < 1.29 is 4.74 Å². The highest BCUT2D eigenvalue weighted by atomic mass is 79.9. The van der Waals surface area contributed by atoms with E-state index in [-0.39, 0.29) is 0 Å². The van der Waals surface area contributed by atoms with Gasteiger partial charge in [0.1, 0.15) is 5.75 Å². The molecule has 1 heterocycles. The van der Waals surface area contributed by atoms with Gasteiger partial charge < -0.3 is 10.1 Å². The van der Waals surface area contributed by atoms with Gasteiger partial charge in [0.2, 0.25) is 0 Å². The van der Waals surface area contributed by atoms with E-state index in [4.69, 9.17) is 4.74 Å². The third-order valence-corrected chi connectivity index (χ3v) is 5.26. The zero-order valence-electron chi connectivity index (χ0n) is 11.7. The van der Waals surface area contributed by atoms with Crippen LogP contribution in [0.3, 0.4) is 0 Å². The van der Waals surface area contributed by atoms with Crippen LogP contribution in [0.15, 0.2) is 4.47 Å². The number of rotatable bonds is 2. The second-order valence-corrected chi connectivity index (χ2v) is 5.93. The first-order valence-corrected chi connectivity index (χ1v) is 7.43. The van der Waals surface area contributed by atoms with Crippen molar-refractivity contribution in [3.8, 4) is 5.75 Å². The molecule has 1 unspecified atom stereocenters. The fourth-order valence-corrected chi connectivity index (χ4v) is 3.40. The van der Waals surface area contributed by atoms with Crippen molar-refractivity contribution in [3.05, 3.63) is 26.7 Å². The van der Waals surface area contributed by atoms with Crippen LogP contribution in [0.5, 0.6) is 5.75 Å². The zero-order chi connectivity index (χ0) is 13.3. The minimum Gasteiger partial charge on any atom is -0.496 e. The molecule has 2 nitrogen and oxygen atoms in total. The Morgan fingerprint density at radius 2 is 1.83 bits per heavy atom. The maximum atomic E-state index is 5.69. The summed E-state index contributed by atoms with van der Waals surface area (Å²) in [5.41, 5.74) is 5.18. The Bertz CT molecular complexity index is 451. The summed E-state index contributed by atoms with van der Waals surface area (Å²) < 4.78 is 6.91. The summed E-state index contributed by atoms with van der Waals surface area (Å²) in [6.45, 7) is 7.58. The second-order valence-electron chi connectivity index (χ2n) is 5.14. The molecule has 1 aromatic carbocycles. The molecule has 0 spiro atoms. The highest BCUT2D eigenvalue weighted by molar-refractivity contribution is 9.10. The number of ether oxygens (including phenoxy) is 1. The van der Waals surface area contributed by atoms with Gasteiger partial charge in [-0.3, -0.25) is 0 Å². The van der Waals surface area contributed by atoms with Gasteiger partial charge in [-0.15, -0.1) is 0 Å². The molecule has 1 aliphatic heterocycles. The van der Waals surface area contributed by atoms with Crippen molar-refractivity contribution in [2.45, 2.75) is 46.1 Å². The summed E-state index contributed by atoms with van der Waals surface area (Å²) in [6.07, 6.45) is 3.78. The first-order chi connectivity index (χ1) is 8.57. The molecule has 18 heavy (non-hydrogen) atoms. The van der Waals surface area contributed by atoms with Gasteiger partial charge in [0.05, 0.1) is 7.11 Å². The normalized spacial score (nSPS) is 19.9. The van der Waals surface area contributed by atoms with E-state index in [1.165, 1.54) is 46.0 Å². The third-order valence-electron chi connectivity index (χ3n) is 4.07. The van der Waals surface area contributed by atoms with Crippen molar-refractivity contribution >= 4 is 15.9 Å². The van der Waals surface area contributed by atoms with E-state index in [9.17, 15) is 0 Å². The van der Waals surface area contributed by atoms with Crippen molar-refractivity contribution in [3.63, 3.8) is 0 Å². The molecule has 0 bridgehead atoms. The minimum absolute atomic E-state index is 0.435. The van der Waals surface area contributed by atoms with Crippen LogP contribution in [-0.2, 0) is 0 Å². The maximum Gasteiger partial charge on any atom is 0.127 e. The number of piperidine rings is 1. The Balaban J connectivity index is 2.56. The molecule has 100 valence electrons. The number of halogens is 1. The van der Waals surface area contributed by atoms with Gasteiger partial charge in [-0.1, -0.05) is 22.4 Å². The predicted molar refractivity (Wildman–Crippen MR) is 79.5 cm³/mol. The van der Waals surface area contributed by atoms with Crippen LogP contribution in [0.2, 0.25) is 0 Å². The van der Waals surface area contributed by atoms with Gasteiger partial charge >= 0.3 is 0 Å². The Morgan fingerprint density at radius 1 is 1.11 bits per heavy atom. The Hall–Kier alpha value is -0.540. The summed E-state index contributed by atoms with van der Waals surface area (Å²) in [5.74, 6) is 1.06. The van der Waals surface area contributed by atoms with E-state index in [0.29, 0.717) is 6.04 Å². The zero-order valence-corrected chi connectivity index (χ0v) is 13.3. The molecule has 0 aromatic heterocycles. The predicted octanol–water partition coefficient (Wildman–Crippen LogP) is 4.20. The number of methoxy groups -OCH3 is 1. The molecular weight excluding hydrogens is 290 g/mol. The van der Waals surface area contributed by atoms with Crippen LogP contribution < -0.4 is 10.1 Å². The van der Waals surface area contributed by atoms with Crippen LogP contribution in [0, 0.1) is 20.8 Å². The van der Waals surface area contributed by atoms with E-state index >= 15 is 0 Å². The topological polar surface area (TPSA) is 21.3 Å². The molecule has 2 rings (SSSR count). The maximum absolute atomic E-state index is 5.69. The molecule has 1 N–H and O–H groups in total. The Morgan fingerprint density at radius 3 is 2.39 bits per heavy atom. The van der Waals surface area contributed by atoms with Gasteiger partial charge in [0, 0.05) is 16.1 Å². The standard InChI is InChI=1S/C15H22BrNO/c1-9-10(2)15(18-4)13(11(3)14(9)16)12-7-5-6-8-17-12/h12,17H,5-8H2,1-4H3. The second kappa shape index (κ2) is 5.62. The van der Waals surface area contributed by atoms with E-state index in [1.807, 2.05) is 0 Å². The van der Waals surface area contributed by atoms with Crippen molar-refractivity contribution in [2.75, 3.05) is 13.7 Å². The molecular formula is C15H22BrNO. The summed E-state index contributed by atoms with van der Waals surface area (Å²) >= 11 is 3.73. The van der Waals surface area contributed by atoms with E-state index < -0.39 is 0 Å². The Kier molecular flexibility index (Phi) is 4.33. The van der Waals surface area contributed by atoms with Crippen LogP contribution >= 0.6 is 15.9 Å². The molecule has 0 amide bonds. The quantitative estimate of drug-likeness (QED) is 0.884. The van der Waals surface area contributed by atoms with Crippen molar-refractivity contribution in [1.29, 1.82) is 0 Å². The van der Waals surface area contributed by atoms with Gasteiger partial charge in [0.15, 0.2) is 0 Å². The SMILES string of the molecule is COc1c(C)c(C)c(Br)c(C)c1C1CCCCN1. The van der Waals surface area contributed by atoms with Crippen molar-refractivity contribution in [2.24, 2.45) is 0 Å². The molecule has 0 radical (unpaired) electrons. The number of hydrogen-bond acceptors (Lipinski definition) is 2. The van der Waals surface area contributed by atoms with Gasteiger partial charge in [-0.2, -0.15) is 0 Å². The van der Waals surface area contributed by atoms with Crippen molar-refractivity contribution in [1.82, 2.24) is 5.32 Å². The smallest absolute Gasteiger partial charge is 0.127 e. The lowest BCUT2D eigenvalue weighted by Gasteiger charge is -2.29. The molecule has 3 heteroatoms. The fraction of sp³-hybridized carbons (Fsp3) is 0.600. The first-order valence-electron chi connectivity index (χ1n) is 6.64. The average molecular weight is 312 g/mol. The Labute approximate surface area is 118 Å². The number of nitrogens with one attached hydrogen (secondary N) is 1. The van der Waals surface area contributed by atoms with Crippen LogP contribution in [-0.4, -0.2) is 13.7 Å². The fourth-order valence-electron chi connectivity index (χ4n) is 2.89. The van der Waals surface area contributed by atoms with Crippen LogP contribution in [0.25, 0.3) is 0 Å². The number of benzene rings is 1. The van der Waals surface area contributed by atoms with Gasteiger partial charge in [-0.05, 0) is 56.8 Å². The number of hydrogen-bond donors (Lipinski definition) is 1. The molecule has 1 fully saturated rings. The summed E-state index contributed by atoms with van der Waals surface area (Å²) in [6, 6.07) is 0.435.